The van der Waals surface area contributed by atoms with Crippen molar-refractivity contribution < 1.29 is 17.9 Å². The molecule has 1 fully saturated rings. The Morgan fingerprint density at radius 2 is 1.78 bits per heavy atom. The Bertz CT molecular complexity index is 1900. The van der Waals surface area contributed by atoms with Gasteiger partial charge in [-0.25, -0.2) is 8.42 Å². The van der Waals surface area contributed by atoms with Gasteiger partial charge in [-0.15, -0.1) is 0 Å². The lowest BCUT2D eigenvalue weighted by atomic mass is 9.88. The number of sulfone groups is 1. The van der Waals surface area contributed by atoms with Gasteiger partial charge in [-0.3, -0.25) is 4.79 Å². The second kappa shape index (κ2) is 14.4. The molecule has 240 valence electrons. The highest BCUT2D eigenvalue weighted by Crippen LogP contribution is 2.35. The number of likely N-dealkylation sites (tertiary alicyclic amines) is 1. The maximum absolute atomic E-state index is 13.8. The van der Waals surface area contributed by atoms with Crippen molar-refractivity contribution in [3.63, 3.8) is 0 Å². The summed E-state index contributed by atoms with van der Waals surface area (Å²) in [7, 11) is -0.0781. The quantitative estimate of drug-likeness (QED) is 0.172. The summed E-state index contributed by atoms with van der Waals surface area (Å²) in [6, 6.07) is 24.2. The number of benzene rings is 4. The van der Waals surface area contributed by atoms with E-state index in [1.54, 1.807) is 36.2 Å². The summed E-state index contributed by atoms with van der Waals surface area (Å²) in [5.41, 5.74) is 2.79. The fraction of sp³-hybridized carbons (Fsp3) is 0.333. The zero-order valence-corrected chi connectivity index (χ0v) is 28.5. The molecule has 1 heterocycles. The van der Waals surface area contributed by atoms with Crippen LogP contribution in [0.1, 0.15) is 58.1 Å². The van der Waals surface area contributed by atoms with Crippen LogP contribution < -0.4 is 4.74 Å². The Balaban J connectivity index is 1.31. The highest BCUT2D eigenvalue weighted by Gasteiger charge is 2.27. The van der Waals surface area contributed by atoms with Crippen molar-refractivity contribution in [1.29, 1.82) is 5.26 Å². The standard InChI is InChI=1S/C36H37Cl2N3O4S/c1-40(36(42)32-19-24(22-39)18-27-6-4-5-7-30(27)32)23-28(26-8-11-33(37)34(38)20-26)14-17-41-15-12-25(13-16-41)31-10-9-29(45-2)21-35(31)46(3,43)44/h4-11,18-21,25,28H,12-17,23H2,1-3H3. The van der Waals surface area contributed by atoms with E-state index in [-0.39, 0.29) is 17.7 Å². The largest absolute Gasteiger partial charge is 0.497 e. The number of amides is 1. The monoisotopic (exact) mass is 677 g/mol. The third-order valence-electron chi connectivity index (χ3n) is 8.92. The van der Waals surface area contributed by atoms with Crippen LogP contribution >= 0.6 is 23.2 Å². The van der Waals surface area contributed by atoms with Crippen LogP contribution in [0, 0.1) is 11.3 Å². The maximum Gasteiger partial charge on any atom is 0.254 e. The summed E-state index contributed by atoms with van der Waals surface area (Å²) >= 11 is 12.7. The summed E-state index contributed by atoms with van der Waals surface area (Å²) in [6.45, 7) is 2.90. The number of halogens is 2. The number of hydrogen-bond donors (Lipinski definition) is 0. The number of ether oxygens (including phenoxy) is 1. The highest BCUT2D eigenvalue weighted by atomic mass is 35.5. The molecule has 4 aromatic carbocycles. The van der Waals surface area contributed by atoms with Crippen molar-refractivity contribution in [2.75, 3.05) is 46.6 Å². The number of likely N-dealkylation sites (N-methyl/N-ethyl adjacent to an activating group) is 1. The van der Waals surface area contributed by atoms with E-state index in [2.05, 4.69) is 11.0 Å². The van der Waals surface area contributed by atoms with E-state index in [0.717, 1.165) is 60.8 Å². The van der Waals surface area contributed by atoms with Gasteiger partial charge in [0, 0.05) is 31.3 Å². The number of methoxy groups -OCH3 is 1. The Hall–Kier alpha value is -3.61. The van der Waals surface area contributed by atoms with Gasteiger partial charge in [0.25, 0.3) is 5.91 Å². The first-order valence-corrected chi connectivity index (χ1v) is 17.9. The normalized spacial score (nSPS) is 15.0. The second-order valence-electron chi connectivity index (χ2n) is 12.0. The molecule has 0 N–H and O–H groups in total. The first-order valence-electron chi connectivity index (χ1n) is 15.2. The van der Waals surface area contributed by atoms with Crippen molar-refractivity contribution >= 4 is 49.7 Å². The molecule has 1 aliphatic heterocycles. The van der Waals surface area contributed by atoms with Gasteiger partial charge in [-0.2, -0.15) is 5.26 Å². The van der Waals surface area contributed by atoms with Crippen molar-refractivity contribution in [3.05, 3.63) is 105 Å². The lowest BCUT2D eigenvalue weighted by molar-refractivity contribution is 0.0783. The van der Waals surface area contributed by atoms with E-state index in [9.17, 15) is 18.5 Å². The molecule has 4 aromatic rings. The minimum atomic E-state index is -3.40. The summed E-state index contributed by atoms with van der Waals surface area (Å²) in [5, 5.41) is 12.2. The molecule has 0 radical (unpaired) electrons. The molecular formula is C36H37Cl2N3O4S. The SMILES string of the molecule is COc1ccc(C2CCN(CCC(CN(C)C(=O)c3cc(C#N)cc4ccccc34)c3ccc(Cl)c(Cl)c3)CC2)c(S(C)(=O)=O)c1. The number of hydrogen-bond acceptors (Lipinski definition) is 6. The number of carbonyl (C=O) groups excluding carboxylic acids is 1. The predicted octanol–water partition coefficient (Wildman–Crippen LogP) is 7.56. The van der Waals surface area contributed by atoms with Crippen LogP contribution in [0.5, 0.6) is 5.75 Å². The number of rotatable bonds is 10. The van der Waals surface area contributed by atoms with Crippen molar-refractivity contribution in [1.82, 2.24) is 9.80 Å². The molecule has 5 rings (SSSR count). The van der Waals surface area contributed by atoms with Gasteiger partial charge in [-0.05, 0) is 103 Å². The van der Waals surface area contributed by atoms with Gasteiger partial charge in [0.15, 0.2) is 9.84 Å². The number of carbonyl (C=O) groups is 1. The molecule has 1 atom stereocenters. The summed E-state index contributed by atoms with van der Waals surface area (Å²) in [6.07, 6.45) is 3.70. The number of nitriles is 1. The lowest BCUT2D eigenvalue weighted by Crippen LogP contribution is -2.36. The van der Waals surface area contributed by atoms with Crippen LogP contribution in [0.25, 0.3) is 10.8 Å². The fourth-order valence-corrected chi connectivity index (χ4v) is 7.71. The Labute approximate surface area is 281 Å². The smallest absolute Gasteiger partial charge is 0.254 e. The second-order valence-corrected chi connectivity index (χ2v) is 14.8. The average Bonchev–Trinajstić information content (AvgIpc) is 3.06. The van der Waals surface area contributed by atoms with Crippen molar-refractivity contribution in [3.8, 4) is 11.8 Å². The van der Waals surface area contributed by atoms with E-state index < -0.39 is 9.84 Å². The molecule has 1 unspecified atom stereocenters. The molecular weight excluding hydrogens is 641 g/mol. The van der Waals surface area contributed by atoms with Gasteiger partial charge in [0.1, 0.15) is 5.75 Å². The van der Waals surface area contributed by atoms with Crippen LogP contribution in [-0.2, 0) is 9.84 Å². The third kappa shape index (κ3) is 7.67. The molecule has 10 heteroatoms. The Morgan fingerprint density at radius 3 is 2.46 bits per heavy atom. The van der Waals surface area contributed by atoms with E-state index in [1.165, 1.54) is 13.4 Å². The highest BCUT2D eigenvalue weighted by molar-refractivity contribution is 7.90. The molecule has 7 nitrogen and oxygen atoms in total. The Morgan fingerprint density at radius 1 is 1.04 bits per heavy atom. The van der Waals surface area contributed by atoms with Crippen LogP contribution in [0.3, 0.4) is 0 Å². The van der Waals surface area contributed by atoms with Crippen LogP contribution in [0.15, 0.2) is 77.7 Å². The predicted molar refractivity (Wildman–Crippen MR) is 184 cm³/mol. The average molecular weight is 679 g/mol. The van der Waals surface area contributed by atoms with Crippen LogP contribution in [-0.4, -0.2) is 70.7 Å². The molecule has 0 spiro atoms. The first kappa shape index (κ1) is 33.7. The molecule has 1 amide bonds. The molecule has 46 heavy (non-hydrogen) atoms. The van der Waals surface area contributed by atoms with E-state index in [4.69, 9.17) is 27.9 Å². The molecule has 0 bridgehead atoms. The minimum Gasteiger partial charge on any atom is -0.497 e. The van der Waals surface area contributed by atoms with Gasteiger partial charge >= 0.3 is 0 Å². The topological polar surface area (TPSA) is 90.7 Å². The zero-order chi connectivity index (χ0) is 33.0. The Kier molecular flexibility index (Phi) is 10.6. The molecule has 1 saturated heterocycles. The summed E-state index contributed by atoms with van der Waals surface area (Å²) in [4.78, 5) is 18.3. The first-order chi connectivity index (χ1) is 22.0. The van der Waals surface area contributed by atoms with Crippen molar-refractivity contribution in [2.45, 2.75) is 36.0 Å². The van der Waals surface area contributed by atoms with Crippen LogP contribution in [0.2, 0.25) is 10.0 Å². The van der Waals surface area contributed by atoms with Gasteiger partial charge in [0.2, 0.25) is 0 Å². The van der Waals surface area contributed by atoms with Crippen LogP contribution in [0.4, 0.5) is 0 Å². The van der Waals surface area contributed by atoms with Gasteiger partial charge in [0.05, 0.1) is 33.7 Å². The molecule has 1 aliphatic rings. The minimum absolute atomic E-state index is 0.0229. The summed E-state index contributed by atoms with van der Waals surface area (Å²) < 4.78 is 30.5. The fourth-order valence-electron chi connectivity index (χ4n) is 6.41. The number of fused-ring (bicyclic) bond motifs is 1. The third-order valence-corrected chi connectivity index (χ3v) is 10.8. The van der Waals surface area contributed by atoms with E-state index >= 15 is 0 Å². The number of piperidine rings is 1. The number of nitrogens with zero attached hydrogens (tertiary/aromatic N) is 3. The molecule has 0 saturated carbocycles. The zero-order valence-electron chi connectivity index (χ0n) is 26.2. The van der Waals surface area contributed by atoms with Crippen molar-refractivity contribution in [2.24, 2.45) is 0 Å². The summed E-state index contributed by atoms with van der Waals surface area (Å²) in [5.74, 6) is 0.496. The van der Waals surface area contributed by atoms with Gasteiger partial charge in [-0.1, -0.05) is 59.6 Å². The van der Waals surface area contributed by atoms with E-state index in [1.807, 2.05) is 48.5 Å². The molecule has 0 aromatic heterocycles. The van der Waals surface area contributed by atoms with E-state index in [0.29, 0.717) is 38.4 Å². The van der Waals surface area contributed by atoms with Gasteiger partial charge < -0.3 is 14.5 Å². The maximum atomic E-state index is 13.8. The lowest BCUT2D eigenvalue weighted by Gasteiger charge is -2.34. The molecule has 0 aliphatic carbocycles.